The third-order valence-corrected chi connectivity index (χ3v) is 6.44. The van der Waals surface area contributed by atoms with Crippen molar-refractivity contribution < 1.29 is 13.2 Å². The first kappa shape index (κ1) is 18.3. The highest BCUT2D eigenvalue weighted by atomic mass is 32.2. The van der Waals surface area contributed by atoms with E-state index >= 15 is 0 Å². The number of unbranched alkanes of at least 4 members (excludes halogenated alkanes) is 1. The second kappa shape index (κ2) is 7.67. The van der Waals surface area contributed by atoms with E-state index in [2.05, 4.69) is 13.8 Å². The van der Waals surface area contributed by atoms with Crippen LogP contribution in [-0.4, -0.2) is 32.4 Å². The van der Waals surface area contributed by atoms with Crippen LogP contribution < -0.4 is 4.74 Å². The first-order valence-corrected chi connectivity index (χ1v) is 10.0. The second-order valence-electron chi connectivity index (χ2n) is 6.70. The lowest BCUT2D eigenvalue weighted by Gasteiger charge is -2.30. The monoisotopic (exact) mass is 339 g/mol. The third-order valence-electron chi connectivity index (χ3n) is 4.55. The molecule has 0 saturated carbocycles. The van der Waals surface area contributed by atoms with E-state index in [9.17, 15) is 8.42 Å². The lowest BCUT2D eigenvalue weighted by Crippen LogP contribution is -2.39. The smallest absolute Gasteiger partial charge is 0.246 e. The minimum absolute atomic E-state index is 0.325. The normalized spacial score (nSPS) is 19.7. The Hall–Kier alpha value is -1.07. The number of benzene rings is 1. The zero-order valence-electron chi connectivity index (χ0n) is 14.8. The molecule has 1 saturated heterocycles. The van der Waals surface area contributed by atoms with Crippen molar-refractivity contribution in [2.24, 2.45) is 5.92 Å². The number of ether oxygens (including phenoxy) is 1. The van der Waals surface area contributed by atoms with Gasteiger partial charge in [0, 0.05) is 13.1 Å². The van der Waals surface area contributed by atoms with E-state index in [-0.39, 0.29) is 0 Å². The maximum absolute atomic E-state index is 13.1. The maximum atomic E-state index is 13.1. The molecule has 4 nitrogen and oxygen atoms in total. The molecule has 2 rings (SSSR count). The van der Waals surface area contributed by atoms with Crippen molar-refractivity contribution in [3.63, 3.8) is 0 Å². The molecule has 1 unspecified atom stereocenters. The summed E-state index contributed by atoms with van der Waals surface area (Å²) in [6.07, 6.45) is 3.97. The molecule has 0 amide bonds. The molecular weight excluding hydrogens is 310 g/mol. The van der Waals surface area contributed by atoms with E-state index in [0.717, 1.165) is 36.8 Å². The Morgan fingerprint density at radius 2 is 1.96 bits per heavy atom. The lowest BCUT2D eigenvalue weighted by molar-refractivity contribution is 0.276. The minimum Gasteiger partial charge on any atom is -0.492 e. The molecule has 0 radical (unpaired) electrons. The Morgan fingerprint density at radius 3 is 2.61 bits per heavy atom. The molecule has 0 aliphatic carbocycles. The van der Waals surface area contributed by atoms with Gasteiger partial charge < -0.3 is 4.74 Å². The first-order chi connectivity index (χ1) is 10.9. The van der Waals surface area contributed by atoms with Gasteiger partial charge in [-0.3, -0.25) is 0 Å². The predicted octanol–water partition coefficient (Wildman–Crippen LogP) is 3.90. The molecule has 1 atom stereocenters. The average Bonchev–Trinajstić information content (AvgIpc) is 2.50. The average molecular weight is 340 g/mol. The molecule has 1 heterocycles. The summed E-state index contributed by atoms with van der Waals surface area (Å²) in [5.41, 5.74) is 2.04. The number of piperidine rings is 1. The summed E-state index contributed by atoms with van der Waals surface area (Å²) < 4.78 is 33.6. The molecule has 1 fully saturated rings. The van der Waals surface area contributed by atoms with Gasteiger partial charge in [-0.1, -0.05) is 20.3 Å². The van der Waals surface area contributed by atoms with E-state index in [0.29, 0.717) is 36.3 Å². The highest BCUT2D eigenvalue weighted by Gasteiger charge is 2.31. The molecule has 5 heteroatoms. The third kappa shape index (κ3) is 4.27. The molecule has 0 aromatic heterocycles. The predicted molar refractivity (Wildman–Crippen MR) is 93.5 cm³/mol. The largest absolute Gasteiger partial charge is 0.492 e. The molecule has 1 aromatic carbocycles. The van der Waals surface area contributed by atoms with Crippen molar-refractivity contribution in [3.05, 3.63) is 23.3 Å². The van der Waals surface area contributed by atoms with Crippen molar-refractivity contribution in [1.29, 1.82) is 0 Å². The standard InChI is InChI=1S/C18H29NO3S/c1-5-6-10-22-17-11-15(3)16(4)12-18(17)23(20,21)19-9-7-8-14(2)13-19/h11-12,14H,5-10,13H2,1-4H3. The highest BCUT2D eigenvalue weighted by Crippen LogP contribution is 2.32. The van der Waals surface area contributed by atoms with Crippen LogP contribution in [-0.2, 0) is 10.0 Å². The molecule has 0 bridgehead atoms. The SMILES string of the molecule is CCCCOc1cc(C)c(C)cc1S(=O)(=O)N1CCCC(C)C1. The van der Waals surface area contributed by atoms with Gasteiger partial charge >= 0.3 is 0 Å². The molecule has 1 aromatic rings. The van der Waals surface area contributed by atoms with E-state index in [1.807, 2.05) is 19.9 Å². The number of sulfonamides is 1. The van der Waals surface area contributed by atoms with E-state index < -0.39 is 10.0 Å². The Labute approximate surface area is 140 Å². The van der Waals surface area contributed by atoms with E-state index in [1.54, 1.807) is 10.4 Å². The number of rotatable bonds is 6. The van der Waals surface area contributed by atoms with Crippen molar-refractivity contribution in [1.82, 2.24) is 4.31 Å². The van der Waals surface area contributed by atoms with Gasteiger partial charge in [0.05, 0.1) is 6.61 Å². The van der Waals surface area contributed by atoms with Crippen LogP contribution in [0.1, 0.15) is 50.7 Å². The Bertz CT molecular complexity index is 640. The molecule has 0 spiro atoms. The van der Waals surface area contributed by atoms with Crippen molar-refractivity contribution >= 4 is 10.0 Å². The van der Waals surface area contributed by atoms with Gasteiger partial charge in [-0.05, 0) is 62.3 Å². The van der Waals surface area contributed by atoms with Crippen LogP contribution >= 0.6 is 0 Å². The number of aryl methyl sites for hydroxylation is 2. The fraction of sp³-hybridized carbons (Fsp3) is 0.667. The van der Waals surface area contributed by atoms with Crippen LogP contribution in [0.3, 0.4) is 0 Å². The van der Waals surface area contributed by atoms with Gasteiger partial charge in [0.15, 0.2) is 0 Å². The van der Waals surface area contributed by atoms with E-state index in [1.165, 1.54) is 0 Å². The summed E-state index contributed by atoms with van der Waals surface area (Å²) in [5.74, 6) is 0.911. The molecule has 1 aliphatic rings. The maximum Gasteiger partial charge on any atom is 0.246 e. The summed E-state index contributed by atoms with van der Waals surface area (Å²) in [6.45, 7) is 9.90. The van der Waals surface area contributed by atoms with Crippen LogP contribution in [0.4, 0.5) is 0 Å². The van der Waals surface area contributed by atoms with Crippen LogP contribution in [0, 0.1) is 19.8 Å². The van der Waals surface area contributed by atoms with Crippen LogP contribution in [0.5, 0.6) is 5.75 Å². The molecule has 23 heavy (non-hydrogen) atoms. The Balaban J connectivity index is 2.37. The van der Waals surface area contributed by atoms with Crippen molar-refractivity contribution in [2.45, 2.75) is 58.3 Å². The Kier molecular flexibility index (Phi) is 6.09. The van der Waals surface area contributed by atoms with Crippen molar-refractivity contribution in [2.75, 3.05) is 19.7 Å². The molecule has 130 valence electrons. The summed E-state index contributed by atoms with van der Waals surface area (Å²) in [4.78, 5) is 0.325. The Morgan fingerprint density at radius 1 is 1.26 bits per heavy atom. The topological polar surface area (TPSA) is 46.6 Å². The number of nitrogens with zero attached hydrogens (tertiary/aromatic N) is 1. The van der Waals surface area contributed by atoms with Crippen LogP contribution in [0.15, 0.2) is 17.0 Å². The lowest BCUT2D eigenvalue weighted by atomic mass is 10.0. The van der Waals surface area contributed by atoms with Gasteiger partial charge in [-0.25, -0.2) is 8.42 Å². The number of hydrogen-bond donors (Lipinski definition) is 0. The summed E-state index contributed by atoms with van der Waals surface area (Å²) >= 11 is 0. The van der Waals surface area contributed by atoms with Crippen LogP contribution in [0.25, 0.3) is 0 Å². The zero-order chi connectivity index (χ0) is 17.0. The summed E-state index contributed by atoms with van der Waals surface area (Å²) in [5, 5.41) is 0. The fourth-order valence-electron chi connectivity index (χ4n) is 2.91. The highest BCUT2D eigenvalue weighted by molar-refractivity contribution is 7.89. The van der Waals surface area contributed by atoms with Gasteiger partial charge in [0.2, 0.25) is 10.0 Å². The molecular formula is C18H29NO3S. The minimum atomic E-state index is -3.49. The van der Waals surface area contributed by atoms with Gasteiger partial charge in [0.1, 0.15) is 10.6 Å². The van der Waals surface area contributed by atoms with Gasteiger partial charge in [-0.2, -0.15) is 4.31 Å². The molecule has 1 aliphatic heterocycles. The summed E-state index contributed by atoms with van der Waals surface area (Å²) in [6, 6.07) is 3.64. The zero-order valence-corrected chi connectivity index (χ0v) is 15.6. The summed E-state index contributed by atoms with van der Waals surface area (Å²) in [7, 11) is -3.49. The first-order valence-electron chi connectivity index (χ1n) is 8.60. The van der Waals surface area contributed by atoms with E-state index in [4.69, 9.17) is 4.74 Å². The number of hydrogen-bond acceptors (Lipinski definition) is 3. The second-order valence-corrected chi connectivity index (χ2v) is 8.60. The quantitative estimate of drug-likeness (QED) is 0.738. The fourth-order valence-corrected chi connectivity index (χ4v) is 4.70. The molecule has 0 N–H and O–H groups in total. The van der Waals surface area contributed by atoms with Crippen LogP contribution in [0.2, 0.25) is 0 Å². The van der Waals surface area contributed by atoms with Crippen molar-refractivity contribution in [3.8, 4) is 5.75 Å². The van der Waals surface area contributed by atoms with Gasteiger partial charge in [-0.15, -0.1) is 0 Å². The van der Waals surface area contributed by atoms with Gasteiger partial charge in [0.25, 0.3) is 0 Å².